The number of halogens is 1. The van der Waals surface area contributed by atoms with Gasteiger partial charge >= 0.3 is 0 Å². The number of para-hydroxylation sites is 1. The second-order valence-electron chi connectivity index (χ2n) is 5.76. The molecule has 0 spiro atoms. The van der Waals surface area contributed by atoms with E-state index in [0.29, 0.717) is 5.92 Å². The summed E-state index contributed by atoms with van der Waals surface area (Å²) in [5.41, 5.74) is 2.47. The lowest BCUT2D eigenvalue weighted by Crippen LogP contribution is -2.42. The fourth-order valence-electron chi connectivity index (χ4n) is 3.43. The first-order valence-electron chi connectivity index (χ1n) is 7.43. The van der Waals surface area contributed by atoms with Gasteiger partial charge in [0.1, 0.15) is 11.9 Å². The van der Waals surface area contributed by atoms with Gasteiger partial charge in [0.05, 0.1) is 12.7 Å². The van der Waals surface area contributed by atoms with Crippen LogP contribution in [0.1, 0.15) is 23.7 Å². The topological polar surface area (TPSA) is 18.5 Å². The van der Waals surface area contributed by atoms with E-state index in [1.165, 1.54) is 11.1 Å². The van der Waals surface area contributed by atoms with Gasteiger partial charge in [-0.25, -0.2) is 0 Å². The Kier molecular flexibility index (Phi) is 3.36. The molecular weight excluding hydrogens is 284 g/mol. The summed E-state index contributed by atoms with van der Waals surface area (Å²) < 4.78 is 12.3. The summed E-state index contributed by atoms with van der Waals surface area (Å²) in [6.45, 7) is 0.747. The van der Waals surface area contributed by atoms with Crippen LogP contribution in [0.2, 0.25) is 5.02 Å². The Balaban J connectivity index is 1.66. The summed E-state index contributed by atoms with van der Waals surface area (Å²) in [4.78, 5) is 0. The molecule has 2 nitrogen and oxygen atoms in total. The van der Waals surface area contributed by atoms with E-state index in [-0.39, 0.29) is 12.2 Å². The van der Waals surface area contributed by atoms with Gasteiger partial charge in [-0.2, -0.15) is 0 Å². The molecular formula is C18H17ClO2. The summed E-state index contributed by atoms with van der Waals surface area (Å²) in [5, 5.41) is 0.761. The van der Waals surface area contributed by atoms with Gasteiger partial charge in [-0.1, -0.05) is 41.9 Å². The van der Waals surface area contributed by atoms with Gasteiger partial charge in [0.15, 0.2) is 0 Å². The number of ether oxygens (including phenoxy) is 2. The SMILES string of the molecule is Clc1ccc([C@@H]2OCC[C@@H]3Oc4ccccc4C[C@@H]32)cc1. The van der Waals surface area contributed by atoms with Gasteiger partial charge in [0.2, 0.25) is 0 Å². The van der Waals surface area contributed by atoms with Crippen LogP contribution >= 0.6 is 11.6 Å². The lowest BCUT2D eigenvalue weighted by molar-refractivity contribution is -0.0919. The Morgan fingerprint density at radius 2 is 1.81 bits per heavy atom. The van der Waals surface area contributed by atoms with Crippen LogP contribution in [0.4, 0.5) is 0 Å². The summed E-state index contributed by atoms with van der Waals surface area (Å²) in [6.07, 6.45) is 2.31. The molecule has 2 aliphatic rings. The number of fused-ring (bicyclic) bond motifs is 2. The van der Waals surface area contributed by atoms with Crippen molar-refractivity contribution in [3.63, 3.8) is 0 Å². The molecule has 0 N–H and O–H groups in total. The second-order valence-corrected chi connectivity index (χ2v) is 6.20. The zero-order valence-corrected chi connectivity index (χ0v) is 12.4. The third kappa shape index (κ3) is 2.43. The fraction of sp³-hybridized carbons (Fsp3) is 0.333. The van der Waals surface area contributed by atoms with Crippen molar-refractivity contribution in [1.82, 2.24) is 0 Å². The summed E-state index contributed by atoms with van der Waals surface area (Å²) >= 11 is 5.99. The molecule has 2 aromatic rings. The normalized spacial score (nSPS) is 27.4. The van der Waals surface area contributed by atoms with Crippen LogP contribution in [-0.2, 0) is 11.2 Å². The van der Waals surface area contributed by atoms with Crippen molar-refractivity contribution < 1.29 is 9.47 Å². The van der Waals surface area contributed by atoms with Crippen molar-refractivity contribution >= 4 is 11.6 Å². The predicted molar refractivity (Wildman–Crippen MR) is 82.8 cm³/mol. The molecule has 2 heterocycles. The molecule has 3 heteroatoms. The Morgan fingerprint density at radius 3 is 2.67 bits per heavy atom. The van der Waals surface area contributed by atoms with Gasteiger partial charge in [0, 0.05) is 17.4 Å². The zero-order valence-electron chi connectivity index (χ0n) is 11.7. The van der Waals surface area contributed by atoms with Gasteiger partial charge in [-0.05, 0) is 35.7 Å². The highest BCUT2D eigenvalue weighted by Gasteiger charge is 2.39. The number of rotatable bonds is 1. The van der Waals surface area contributed by atoms with Crippen LogP contribution in [0.5, 0.6) is 5.75 Å². The molecule has 108 valence electrons. The monoisotopic (exact) mass is 300 g/mol. The maximum Gasteiger partial charge on any atom is 0.122 e. The van der Waals surface area contributed by atoms with Crippen LogP contribution < -0.4 is 4.74 Å². The molecule has 0 saturated carbocycles. The van der Waals surface area contributed by atoms with Crippen molar-refractivity contribution in [2.75, 3.05) is 6.61 Å². The molecule has 0 unspecified atom stereocenters. The van der Waals surface area contributed by atoms with E-state index in [1.54, 1.807) is 0 Å². The minimum atomic E-state index is 0.0920. The van der Waals surface area contributed by atoms with Crippen LogP contribution in [0, 0.1) is 5.92 Å². The van der Waals surface area contributed by atoms with Crippen molar-refractivity contribution in [3.8, 4) is 5.75 Å². The van der Waals surface area contributed by atoms with Crippen LogP contribution in [0.3, 0.4) is 0 Å². The van der Waals surface area contributed by atoms with Crippen molar-refractivity contribution in [2.45, 2.75) is 25.0 Å². The number of hydrogen-bond acceptors (Lipinski definition) is 2. The van der Waals surface area contributed by atoms with E-state index >= 15 is 0 Å². The Morgan fingerprint density at radius 1 is 1.00 bits per heavy atom. The number of hydrogen-bond donors (Lipinski definition) is 0. The van der Waals surface area contributed by atoms with Gasteiger partial charge in [0.25, 0.3) is 0 Å². The lowest BCUT2D eigenvalue weighted by atomic mass is 9.81. The third-order valence-electron chi connectivity index (χ3n) is 4.47. The van der Waals surface area contributed by atoms with E-state index < -0.39 is 0 Å². The first-order valence-corrected chi connectivity index (χ1v) is 7.81. The van der Waals surface area contributed by atoms with Crippen molar-refractivity contribution in [2.24, 2.45) is 5.92 Å². The molecule has 0 bridgehead atoms. The van der Waals surface area contributed by atoms with Gasteiger partial charge in [-0.3, -0.25) is 0 Å². The smallest absolute Gasteiger partial charge is 0.122 e. The molecule has 4 rings (SSSR count). The van der Waals surface area contributed by atoms with Crippen LogP contribution in [-0.4, -0.2) is 12.7 Å². The lowest BCUT2D eigenvalue weighted by Gasteiger charge is -2.42. The predicted octanol–water partition coefficient (Wildman–Crippen LogP) is 4.42. The van der Waals surface area contributed by atoms with Gasteiger partial charge < -0.3 is 9.47 Å². The average Bonchev–Trinajstić information content (AvgIpc) is 2.53. The maximum atomic E-state index is 6.21. The molecule has 1 fully saturated rings. The van der Waals surface area contributed by atoms with E-state index in [9.17, 15) is 0 Å². The second kappa shape index (κ2) is 5.36. The molecule has 0 aliphatic carbocycles. The largest absolute Gasteiger partial charge is 0.490 e. The van der Waals surface area contributed by atoms with E-state index in [4.69, 9.17) is 21.1 Å². The Bertz CT molecular complexity index is 638. The molecule has 21 heavy (non-hydrogen) atoms. The maximum absolute atomic E-state index is 6.21. The van der Waals surface area contributed by atoms with Gasteiger partial charge in [-0.15, -0.1) is 0 Å². The third-order valence-corrected chi connectivity index (χ3v) is 4.72. The molecule has 2 aliphatic heterocycles. The molecule has 0 radical (unpaired) electrons. The van der Waals surface area contributed by atoms with Crippen molar-refractivity contribution in [1.29, 1.82) is 0 Å². The Hall–Kier alpha value is -1.51. The van der Waals surface area contributed by atoms with Crippen molar-refractivity contribution in [3.05, 3.63) is 64.7 Å². The first kappa shape index (κ1) is 13.2. The number of benzene rings is 2. The standard InChI is InChI=1S/C18H17ClO2/c19-14-7-5-12(6-8-14)18-15-11-13-3-1-2-4-16(13)21-17(15)9-10-20-18/h1-8,15,17-18H,9-11H2/t15-,17-,18-/m0/s1. The van der Waals surface area contributed by atoms with E-state index in [0.717, 1.165) is 30.2 Å². The summed E-state index contributed by atoms with van der Waals surface area (Å²) in [6, 6.07) is 16.3. The Labute approximate surface area is 129 Å². The molecule has 0 aromatic heterocycles. The van der Waals surface area contributed by atoms with E-state index in [2.05, 4.69) is 30.3 Å². The average molecular weight is 301 g/mol. The molecule has 2 aromatic carbocycles. The minimum absolute atomic E-state index is 0.0920. The van der Waals surface area contributed by atoms with E-state index in [1.807, 2.05) is 18.2 Å². The highest BCUT2D eigenvalue weighted by molar-refractivity contribution is 6.30. The first-order chi connectivity index (χ1) is 10.3. The summed E-state index contributed by atoms with van der Waals surface area (Å²) in [7, 11) is 0. The highest BCUT2D eigenvalue weighted by atomic mass is 35.5. The molecule has 1 saturated heterocycles. The van der Waals surface area contributed by atoms with Crippen LogP contribution in [0.15, 0.2) is 48.5 Å². The molecule has 3 atom stereocenters. The molecule has 0 amide bonds. The fourth-order valence-corrected chi connectivity index (χ4v) is 3.55. The zero-order chi connectivity index (χ0) is 14.2. The minimum Gasteiger partial charge on any atom is -0.490 e. The van der Waals surface area contributed by atoms with Crippen LogP contribution in [0.25, 0.3) is 0 Å². The summed E-state index contributed by atoms with van der Waals surface area (Å²) in [5.74, 6) is 1.41. The quantitative estimate of drug-likeness (QED) is 0.776. The highest BCUT2D eigenvalue weighted by Crippen LogP contribution is 2.42.